The fraction of sp³-hybridized carbons (Fsp3) is 0.692. The third-order valence-electron chi connectivity index (χ3n) is 3.47. The van der Waals surface area contributed by atoms with Crippen LogP contribution in [0.4, 0.5) is 5.69 Å². The van der Waals surface area contributed by atoms with E-state index in [0.717, 1.165) is 45.0 Å². The molecular formula is C13H23N5O. The minimum absolute atomic E-state index is 0.0191. The number of piperazine rings is 1. The average molecular weight is 265 g/mol. The van der Waals surface area contributed by atoms with Crippen molar-refractivity contribution in [3.63, 3.8) is 0 Å². The highest BCUT2D eigenvalue weighted by molar-refractivity contribution is 5.43. The van der Waals surface area contributed by atoms with Crippen molar-refractivity contribution in [2.75, 3.05) is 51.2 Å². The highest BCUT2D eigenvalue weighted by Gasteiger charge is 2.15. The normalized spacial score (nSPS) is 16.8. The molecule has 0 spiro atoms. The van der Waals surface area contributed by atoms with E-state index in [4.69, 9.17) is 0 Å². The molecule has 1 aromatic rings. The van der Waals surface area contributed by atoms with E-state index in [1.165, 1.54) is 4.68 Å². The summed E-state index contributed by atoms with van der Waals surface area (Å²) in [6, 6.07) is 1.70. The SMILES string of the molecule is CCNCCn1ncc(N2CCN(C)CC2)cc1=O. The molecule has 1 aromatic heterocycles. The zero-order chi connectivity index (χ0) is 13.7. The first-order chi connectivity index (χ1) is 9.20. The molecule has 106 valence electrons. The molecule has 0 amide bonds. The summed E-state index contributed by atoms with van der Waals surface area (Å²) in [5, 5.41) is 7.44. The Kier molecular flexibility index (Phi) is 4.93. The first kappa shape index (κ1) is 14.0. The molecule has 2 rings (SSSR count). The molecule has 0 aromatic carbocycles. The van der Waals surface area contributed by atoms with Crippen molar-refractivity contribution in [3.8, 4) is 0 Å². The summed E-state index contributed by atoms with van der Waals surface area (Å²) in [6.07, 6.45) is 1.80. The van der Waals surface area contributed by atoms with Gasteiger partial charge in [0.2, 0.25) is 0 Å². The third-order valence-corrected chi connectivity index (χ3v) is 3.47. The number of anilines is 1. The van der Waals surface area contributed by atoms with E-state index in [9.17, 15) is 4.79 Å². The Bertz CT molecular complexity index is 451. The van der Waals surface area contributed by atoms with E-state index in [1.807, 2.05) is 6.92 Å². The van der Waals surface area contributed by atoms with Gasteiger partial charge in [0.1, 0.15) is 0 Å². The lowest BCUT2D eigenvalue weighted by atomic mass is 10.3. The fourth-order valence-corrected chi connectivity index (χ4v) is 2.19. The molecule has 6 heteroatoms. The Balaban J connectivity index is 2.00. The first-order valence-electron chi connectivity index (χ1n) is 6.92. The van der Waals surface area contributed by atoms with Crippen molar-refractivity contribution >= 4 is 5.69 Å². The highest BCUT2D eigenvalue weighted by Crippen LogP contribution is 2.11. The van der Waals surface area contributed by atoms with E-state index >= 15 is 0 Å². The predicted molar refractivity (Wildman–Crippen MR) is 76.8 cm³/mol. The van der Waals surface area contributed by atoms with Crippen LogP contribution >= 0.6 is 0 Å². The smallest absolute Gasteiger partial charge is 0.268 e. The summed E-state index contributed by atoms with van der Waals surface area (Å²) in [4.78, 5) is 16.5. The molecule has 0 aliphatic carbocycles. The summed E-state index contributed by atoms with van der Waals surface area (Å²) < 4.78 is 1.52. The van der Waals surface area contributed by atoms with Crippen molar-refractivity contribution in [2.24, 2.45) is 0 Å². The van der Waals surface area contributed by atoms with Crippen LogP contribution in [0.5, 0.6) is 0 Å². The van der Waals surface area contributed by atoms with Gasteiger partial charge in [0.05, 0.1) is 18.4 Å². The van der Waals surface area contributed by atoms with Crippen molar-refractivity contribution in [3.05, 3.63) is 22.6 Å². The van der Waals surface area contributed by atoms with E-state index in [-0.39, 0.29) is 5.56 Å². The van der Waals surface area contributed by atoms with Crippen molar-refractivity contribution < 1.29 is 0 Å². The average Bonchev–Trinajstić information content (AvgIpc) is 2.42. The largest absolute Gasteiger partial charge is 0.368 e. The fourth-order valence-electron chi connectivity index (χ4n) is 2.19. The van der Waals surface area contributed by atoms with Gasteiger partial charge in [-0.2, -0.15) is 5.10 Å². The maximum atomic E-state index is 12.0. The van der Waals surface area contributed by atoms with Crippen LogP contribution < -0.4 is 15.8 Å². The summed E-state index contributed by atoms with van der Waals surface area (Å²) in [7, 11) is 2.12. The zero-order valence-corrected chi connectivity index (χ0v) is 11.8. The number of likely N-dealkylation sites (N-methyl/N-ethyl adjacent to an activating group) is 2. The maximum absolute atomic E-state index is 12.0. The lowest BCUT2D eigenvalue weighted by Gasteiger charge is -2.33. The quantitative estimate of drug-likeness (QED) is 0.735. The summed E-state index contributed by atoms with van der Waals surface area (Å²) in [5.41, 5.74) is 0.923. The Hall–Kier alpha value is -1.40. The predicted octanol–water partition coefficient (Wildman–Crippen LogP) is -0.395. The van der Waals surface area contributed by atoms with Gasteiger partial charge in [-0.15, -0.1) is 0 Å². The Morgan fingerprint density at radius 1 is 1.32 bits per heavy atom. The van der Waals surface area contributed by atoms with Crippen molar-refractivity contribution in [2.45, 2.75) is 13.5 Å². The molecule has 1 fully saturated rings. The molecule has 0 radical (unpaired) electrons. The van der Waals surface area contributed by atoms with Crippen LogP contribution in [0.3, 0.4) is 0 Å². The van der Waals surface area contributed by atoms with Gasteiger partial charge in [0.15, 0.2) is 0 Å². The van der Waals surface area contributed by atoms with Gasteiger partial charge in [0, 0.05) is 38.8 Å². The number of rotatable bonds is 5. The Morgan fingerprint density at radius 3 is 2.68 bits per heavy atom. The zero-order valence-electron chi connectivity index (χ0n) is 11.8. The Morgan fingerprint density at radius 2 is 2.05 bits per heavy atom. The molecule has 0 atom stereocenters. The summed E-state index contributed by atoms with van der Waals surface area (Å²) in [6.45, 7) is 8.33. The van der Waals surface area contributed by atoms with Gasteiger partial charge < -0.3 is 15.1 Å². The van der Waals surface area contributed by atoms with E-state index in [2.05, 4.69) is 27.3 Å². The maximum Gasteiger partial charge on any atom is 0.268 e. The topological polar surface area (TPSA) is 53.4 Å². The lowest BCUT2D eigenvalue weighted by Crippen LogP contribution is -2.45. The van der Waals surface area contributed by atoms with E-state index in [0.29, 0.717) is 6.54 Å². The van der Waals surface area contributed by atoms with Crippen LogP contribution in [0.15, 0.2) is 17.1 Å². The molecule has 1 N–H and O–H groups in total. The van der Waals surface area contributed by atoms with E-state index in [1.54, 1.807) is 12.3 Å². The Labute approximate surface area is 114 Å². The van der Waals surface area contributed by atoms with Crippen LogP contribution in [-0.4, -0.2) is 61.0 Å². The van der Waals surface area contributed by atoms with Gasteiger partial charge >= 0.3 is 0 Å². The number of hydrogen-bond donors (Lipinski definition) is 1. The molecule has 6 nitrogen and oxygen atoms in total. The number of hydrogen-bond acceptors (Lipinski definition) is 5. The molecule has 1 aliphatic rings. The molecular weight excluding hydrogens is 242 g/mol. The molecule has 0 saturated carbocycles. The molecule has 1 aliphatic heterocycles. The van der Waals surface area contributed by atoms with Gasteiger partial charge in [-0.1, -0.05) is 6.92 Å². The first-order valence-corrected chi connectivity index (χ1v) is 6.92. The lowest BCUT2D eigenvalue weighted by molar-refractivity contribution is 0.312. The second kappa shape index (κ2) is 6.68. The summed E-state index contributed by atoms with van der Waals surface area (Å²) >= 11 is 0. The molecule has 1 saturated heterocycles. The van der Waals surface area contributed by atoms with Crippen LogP contribution in [0, 0.1) is 0 Å². The number of nitrogens with zero attached hydrogens (tertiary/aromatic N) is 4. The summed E-state index contributed by atoms with van der Waals surface area (Å²) in [5.74, 6) is 0. The van der Waals surface area contributed by atoms with Gasteiger partial charge in [-0.3, -0.25) is 4.79 Å². The van der Waals surface area contributed by atoms with Crippen LogP contribution in [0.2, 0.25) is 0 Å². The number of aromatic nitrogens is 2. The third kappa shape index (κ3) is 3.78. The molecule has 0 bridgehead atoms. The van der Waals surface area contributed by atoms with Crippen LogP contribution in [-0.2, 0) is 6.54 Å². The van der Waals surface area contributed by atoms with Crippen molar-refractivity contribution in [1.82, 2.24) is 20.0 Å². The molecule has 19 heavy (non-hydrogen) atoms. The second-order valence-corrected chi connectivity index (χ2v) is 4.92. The highest BCUT2D eigenvalue weighted by atomic mass is 16.1. The van der Waals surface area contributed by atoms with Crippen LogP contribution in [0.25, 0.3) is 0 Å². The van der Waals surface area contributed by atoms with Crippen LogP contribution in [0.1, 0.15) is 6.92 Å². The van der Waals surface area contributed by atoms with Gasteiger partial charge in [-0.05, 0) is 13.6 Å². The minimum atomic E-state index is -0.0191. The van der Waals surface area contributed by atoms with Gasteiger partial charge in [0.25, 0.3) is 5.56 Å². The van der Waals surface area contributed by atoms with Crippen molar-refractivity contribution in [1.29, 1.82) is 0 Å². The molecule has 2 heterocycles. The number of nitrogens with one attached hydrogen (secondary N) is 1. The van der Waals surface area contributed by atoms with Gasteiger partial charge in [-0.25, -0.2) is 4.68 Å². The molecule has 0 unspecified atom stereocenters. The second-order valence-electron chi connectivity index (χ2n) is 4.92. The van der Waals surface area contributed by atoms with E-state index < -0.39 is 0 Å². The minimum Gasteiger partial charge on any atom is -0.368 e. The monoisotopic (exact) mass is 265 g/mol. The standard InChI is InChI=1S/C13H23N5O/c1-3-14-4-5-18-13(19)10-12(11-15-18)17-8-6-16(2)7-9-17/h10-11,14H,3-9H2,1-2H3.